The molecule has 2 aliphatic rings. The van der Waals surface area contributed by atoms with Gasteiger partial charge in [-0.15, -0.1) is 0 Å². The third-order valence-electron chi connectivity index (χ3n) is 5.07. The fourth-order valence-corrected chi connectivity index (χ4v) is 3.44. The van der Waals surface area contributed by atoms with Gasteiger partial charge in [-0.05, 0) is 44.0 Å². The molecule has 1 heterocycles. The van der Waals surface area contributed by atoms with Crippen LogP contribution in [-0.2, 0) is 4.79 Å². The maximum atomic E-state index is 12.8. The maximum absolute atomic E-state index is 12.8. The fraction of sp³-hybridized carbons (Fsp3) is 0.500. The summed E-state index contributed by atoms with van der Waals surface area (Å²) in [5, 5.41) is 2.92. The largest absolute Gasteiger partial charge is 0.495 e. The van der Waals surface area contributed by atoms with Crippen molar-refractivity contribution in [1.82, 2.24) is 9.80 Å². The quantitative estimate of drug-likeness (QED) is 0.822. The summed E-state index contributed by atoms with van der Waals surface area (Å²) >= 11 is 0. The number of nitrogens with one attached hydrogen (secondary N) is 1. The van der Waals surface area contributed by atoms with Crippen molar-refractivity contribution in [2.45, 2.75) is 19.3 Å². The summed E-state index contributed by atoms with van der Waals surface area (Å²) in [6.07, 6.45) is 6.73. The number of piperazine rings is 1. The molecule has 26 heavy (non-hydrogen) atoms. The van der Waals surface area contributed by atoms with Gasteiger partial charge in [-0.1, -0.05) is 12.2 Å². The lowest BCUT2D eigenvalue weighted by Gasteiger charge is -2.32. The molecule has 1 fully saturated rings. The first-order chi connectivity index (χ1) is 12.6. The summed E-state index contributed by atoms with van der Waals surface area (Å²) < 4.78 is 5.35. The van der Waals surface area contributed by atoms with Crippen molar-refractivity contribution < 1.29 is 14.3 Å². The first-order valence-corrected chi connectivity index (χ1v) is 9.19. The average Bonchev–Trinajstić information content (AvgIpc) is 3.14. The number of carbonyl (C=O) groups excluding carboxylic acids is 2. The van der Waals surface area contributed by atoms with Gasteiger partial charge in [0.25, 0.3) is 5.91 Å². The second kappa shape index (κ2) is 8.36. The van der Waals surface area contributed by atoms with Gasteiger partial charge in [0.2, 0.25) is 5.91 Å². The van der Waals surface area contributed by atoms with E-state index in [9.17, 15) is 9.59 Å². The Morgan fingerprint density at radius 3 is 2.65 bits per heavy atom. The van der Waals surface area contributed by atoms with E-state index < -0.39 is 0 Å². The summed E-state index contributed by atoms with van der Waals surface area (Å²) in [4.78, 5) is 29.2. The molecule has 1 aliphatic heterocycles. The standard InChI is InChI=1S/C20H27N3O3/c1-22-9-11-23(12-10-22)20(25)16-7-8-18(26-2)17(14-16)21-19(24)13-15-5-3-4-6-15/h3,5,7-8,14-15H,4,6,9-13H2,1-2H3,(H,21,24)/t15-/m1/s1. The second-order valence-electron chi connectivity index (χ2n) is 7.03. The zero-order valence-electron chi connectivity index (χ0n) is 15.5. The molecule has 0 saturated carbocycles. The van der Waals surface area contributed by atoms with Crippen molar-refractivity contribution >= 4 is 17.5 Å². The average molecular weight is 357 g/mol. The minimum Gasteiger partial charge on any atom is -0.495 e. The van der Waals surface area contributed by atoms with Crippen LogP contribution in [0.4, 0.5) is 5.69 Å². The van der Waals surface area contributed by atoms with E-state index in [-0.39, 0.29) is 11.8 Å². The molecule has 0 aromatic heterocycles. The molecule has 0 radical (unpaired) electrons. The number of hydrogen-bond donors (Lipinski definition) is 1. The lowest BCUT2D eigenvalue weighted by Crippen LogP contribution is -2.47. The molecule has 0 spiro atoms. The normalized spacial score (nSPS) is 20.2. The van der Waals surface area contributed by atoms with Gasteiger partial charge in [0, 0.05) is 38.2 Å². The van der Waals surface area contributed by atoms with Crippen molar-refractivity contribution in [3.8, 4) is 5.75 Å². The van der Waals surface area contributed by atoms with Crippen molar-refractivity contribution in [1.29, 1.82) is 0 Å². The molecule has 140 valence electrons. The summed E-state index contributed by atoms with van der Waals surface area (Å²) in [5.74, 6) is 0.811. The highest BCUT2D eigenvalue weighted by Gasteiger charge is 2.22. The number of amides is 2. The molecule has 6 nitrogen and oxygen atoms in total. The number of carbonyl (C=O) groups is 2. The van der Waals surface area contributed by atoms with Crippen LogP contribution in [0.15, 0.2) is 30.4 Å². The lowest BCUT2D eigenvalue weighted by atomic mass is 10.0. The van der Waals surface area contributed by atoms with Crippen LogP contribution in [0.5, 0.6) is 5.75 Å². The maximum Gasteiger partial charge on any atom is 0.254 e. The number of allylic oxidation sites excluding steroid dienone is 2. The molecule has 1 N–H and O–H groups in total. The number of benzene rings is 1. The second-order valence-corrected chi connectivity index (χ2v) is 7.03. The molecule has 3 rings (SSSR count). The Kier molecular flexibility index (Phi) is 5.93. The van der Waals surface area contributed by atoms with Gasteiger partial charge in [0.1, 0.15) is 5.75 Å². The van der Waals surface area contributed by atoms with Crippen LogP contribution >= 0.6 is 0 Å². The third-order valence-corrected chi connectivity index (χ3v) is 5.07. The minimum atomic E-state index is -0.0518. The number of nitrogens with zero attached hydrogens (tertiary/aromatic N) is 2. The molecule has 1 atom stereocenters. The van der Waals surface area contributed by atoms with Gasteiger partial charge in [-0.2, -0.15) is 0 Å². The number of ether oxygens (including phenoxy) is 1. The van der Waals surface area contributed by atoms with Gasteiger partial charge in [-0.3, -0.25) is 9.59 Å². The minimum absolute atomic E-state index is 0.00465. The van der Waals surface area contributed by atoms with E-state index in [1.165, 1.54) is 0 Å². The van der Waals surface area contributed by atoms with Gasteiger partial charge < -0.3 is 19.9 Å². The summed E-state index contributed by atoms with van der Waals surface area (Å²) in [6, 6.07) is 5.23. The fourth-order valence-electron chi connectivity index (χ4n) is 3.44. The Bertz CT molecular complexity index is 694. The van der Waals surface area contributed by atoms with Crippen LogP contribution in [-0.4, -0.2) is 62.0 Å². The van der Waals surface area contributed by atoms with E-state index in [0.717, 1.165) is 39.0 Å². The van der Waals surface area contributed by atoms with Gasteiger partial charge >= 0.3 is 0 Å². The Balaban J connectivity index is 1.70. The van der Waals surface area contributed by atoms with Crippen molar-refractivity contribution in [2.75, 3.05) is 45.7 Å². The summed E-state index contributed by atoms with van der Waals surface area (Å²) in [6.45, 7) is 3.19. The van der Waals surface area contributed by atoms with E-state index in [0.29, 0.717) is 29.3 Å². The highest BCUT2D eigenvalue weighted by atomic mass is 16.5. The molecule has 1 aromatic carbocycles. The van der Waals surface area contributed by atoms with Crippen molar-refractivity contribution in [3.05, 3.63) is 35.9 Å². The van der Waals surface area contributed by atoms with Crippen LogP contribution in [0.3, 0.4) is 0 Å². The van der Waals surface area contributed by atoms with Crippen LogP contribution in [0.2, 0.25) is 0 Å². The number of rotatable bonds is 5. The van der Waals surface area contributed by atoms with E-state index in [2.05, 4.69) is 29.4 Å². The number of methoxy groups -OCH3 is 1. The predicted octanol–water partition coefficient (Wildman–Crippen LogP) is 2.38. The van der Waals surface area contributed by atoms with Crippen LogP contribution < -0.4 is 10.1 Å². The molecular formula is C20H27N3O3. The molecule has 2 amide bonds. The van der Waals surface area contributed by atoms with Crippen LogP contribution in [0, 0.1) is 5.92 Å². The number of anilines is 1. The SMILES string of the molecule is COc1ccc(C(=O)N2CCN(C)CC2)cc1NC(=O)C[C@@H]1C=CCC1. The lowest BCUT2D eigenvalue weighted by molar-refractivity contribution is -0.116. The van der Waals surface area contributed by atoms with E-state index >= 15 is 0 Å². The van der Waals surface area contributed by atoms with E-state index in [1.54, 1.807) is 25.3 Å². The first-order valence-electron chi connectivity index (χ1n) is 9.19. The topological polar surface area (TPSA) is 61.9 Å². The summed E-state index contributed by atoms with van der Waals surface area (Å²) in [5.41, 5.74) is 1.13. The summed E-state index contributed by atoms with van der Waals surface area (Å²) in [7, 11) is 3.62. The molecule has 0 bridgehead atoms. The Morgan fingerprint density at radius 2 is 2.00 bits per heavy atom. The number of likely N-dealkylation sites (N-methyl/N-ethyl adjacent to an activating group) is 1. The van der Waals surface area contributed by atoms with Gasteiger partial charge in [0.05, 0.1) is 12.8 Å². The monoisotopic (exact) mass is 357 g/mol. The van der Waals surface area contributed by atoms with Gasteiger partial charge in [0.15, 0.2) is 0 Å². The Labute approximate surface area is 154 Å². The van der Waals surface area contributed by atoms with Crippen molar-refractivity contribution in [2.24, 2.45) is 5.92 Å². The smallest absolute Gasteiger partial charge is 0.254 e. The zero-order chi connectivity index (χ0) is 18.5. The molecular weight excluding hydrogens is 330 g/mol. The zero-order valence-corrected chi connectivity index (χ0v) is 15.5. The van der Waals surface area contributed by atoms with Crippen LogP contribution in [0.1, 0.15) is 29.6 Å². The van der Waals surface area contributed by atoms with Crippen molar-refractivity contribution in [3.63, 3.8) is 0 Å². The molecule has 1 aliphatic carbocycles. The highest BCUT2D eigenvalue weighted by Crippen LogP contribution is 2.28. The molecule has 1 aromatic rings. The number of hydrogen-bond acceptors (Lipinski definition) is 4. The van der Waals surface area contributed by atoms with Crippen LogP contribution in [0.25, 0.3) is 0 Å². The highest BCUT2D eigenvalue weighted by molar-refractivity contribution is 5.98. The third kappa shape index (κ3) is 4.43. The first kappa shape index (κ1) is 18.5. The van der Waals surface area contributed by atoms with Gasteiger partial charge in [-0.25, -0.2) is 0 Å². The predicted molar refractivity (Wildman–Crippen MR) is 102 cm³/mol. The molecule has 1 saturated heterocycles. The molecule has 0 unspecified atom stereocenters. The van der Waals surface area contributed by atoms with E-state index in [4.69, 9.17) is 4.74 Å². The Hall–Kier alpha value is -2.34. The van der Waals surface area contributed by atoms with E-state index in [1.807, 2.05) is 4.90 Å². The Morgan fingerprint density at radius 1 is 1.23 bits per heavy atom. The molecule has 6 heteroatoms.